The van der Waals surface area contributed by atoms with Crippen molar-refractivity contribution in [1.82, 2.24) is 15.1 Å². The SMILES string of the molecule is COc1cccc2cc(C(=O)NCCCN3CCN(C)CC3)oc12. The molecule has 2 aromatic rings. The van der Waals surface area contributed by atoms with Crippen molar-refractivity contribution in [3.8, 4) is 5.75 Å². The molecule has 24 heavy (non-hydrogen) atoms. The fourth-order valence-corrected chi connectivity index (χ4v) is 2.97. The van der Waals surface area contributed by atoms with Crippen molar-refractivity contribution in [2.75, 3.05) is 53.4 Å². The van der Waals surface area contributed by atoms with Crippen LogP contribution in [0, 0.1) is 0 Å². The van der Waals surface area contributed by atoms with Gasteiger partial charge in [-0.3, -0.25) is 4.79 Å². The van der Waals surface area contributed by atoms with Gasteiger partial charge in [0, 0.05) is 38.1 Å². The lowest BCUT2D eigenvalue weighted by Gasteiger charge is -2.32. The van der Waals surface area contributed by atoms with Crippen molar-refractivity contribution >= 4 is 16.9 Å². The van der Waals surface area contributed by atoms with Crippen molar-refractivity contribution in [3.05, 3.63) is 30.0 Å². The smallest absolute Gasteiger partial charge is 0.287 e. The van der Waals surface area contributed by atoms with Crippen LogP contribution in [0.1, 0.15) is 17.0 Å². The number of amides is 1. The lowest BCUT2D eigenvalue weighted by Crippen LogP contribution is -2.45. The quantitative estimate of drug-likeness (QED) is 0.818. The minimum absolute atomic E-state index is 0.174. The number of benzene rings is 1. The number of nitrogens with one attached hydrogen (secondary N) is 1. The van der Waals surface area contributed by atoms with E-state index in [9.17, 15) is 4.79 Å². The van der Waals surface area contributed by atoms with Gasteiger partial charge in [-0.2, -0.15) is 0 Å². The summed E-state index contributed by atoms with van der Waals surface area (Å²) in [5.74, 6) is 0.794. The average molecular weight is 331 g/mol. The second-order valence-electron chi connectivity index (χ2n) is 6.24. The molecule has 1 N–H and O–H groups in total. The average Bonchev–Trinajstić information content (AvgIpc) is 3.04. The van der Waals surface area contributed by atoms with E-state index in [1.165, 1.54) is 0 Å². The summed E-state index contributed by atoms with van der Waals surface area (Å²) in [6, 6.07) is 7.37. The van der Waals surface area contributed by atoms with E-state index in [1.807, 2.05) is 18.2 Å². The number of hydrogen-bond donors (Lipinski definition) is 1. The molecular weight excluding hydrogens is 306 g/mol. The lowest BCUT2D eigenvalue weighted by molar-refractivity contribution is 0.0924. The molecule has 0 unspecified atom stereocenters. The highest BCUT2D eigenvalue weighted by atomic mass is 16.5. The summed E-state index contributed by atoms with van der Waals surface area (Å²) in [4.78, 5) is 17.0. The third-order valence-electron chi connectivity index (χ3n) is 4.48. The molecule has 0 atom stereocenters. The number of ether oxygens (including phenoxy) is 1. The summed E-state index contributed by atoms with van der Waals surface area (Å²) in [7, 11) is 3.75. The molecule has 130 valence electrons. The van der Waals surface area contributed by atoms with Crippen LogP contribution in [0.15, 0.2) is 28.7 Å². The van der Waals surface area contributed by atoms with Crippen molar-refractivity contribution in [2.45, 2.75) is 6.42 Å². The third-order valence-corrected chi connectivity index (χ3v) is 4.48. The van der Waals surface area contributed by atoms with E-state index >= 15 is 0 Å². The number of nitrogens with zero attached hydrogens (tertiary/aromatic N) is 2. The Morgan fingerprint density at radius 1 is 1.29 bits per heavy atom. The van der Waals surface area contributed by atoms with E-state index in [0.29, 0.717) is 23.6 Å². The molecule has 1 aromatic heterocycles. The predicted octanol–water partition coefficient (Wildman–Crippen LogP) is 1.81. The zero-order valence-electron chi connectivity index (χ0n) is 14.4. The summed E-state index contributed by atoms with van der Waals surface area (Å²) in [5.41, 5.74) is 0.614. The van der Waals surface area contributed by atoms with E-state index in [2.05, 4.69) is 22.2 Å². The molecule has 2 heterocycles. The number of para-hydroxylation sites is 1. The fraction of sp³-hybridized carbons (Fsp3) is 0.500. The molecule has 0 spiro atoms. The van der Waals surface area contributed by atoms with Gasteiger partial charge in [0.25, 0.3) is 5.91 Å². The molecule has 0 bridgehead atoms. The van der Waals surface area contributed by atoms with Crippen molar-refractivity contribution in [1.29, 1.82) is 0 Å². The number of likely N-dealkylation sites (N-methyl/N-ethyl adjacent to an activating group) is 1. The first-order valence-corrected chi connectivity index (χ1v) is 8.43. The normalized spacial score (nSPS) is 16.4. The summed E-state index contributed by atoms with van der Waals surface area (Å²) in [6.45, 7) is 6.11. The Bertz CT molecular complexity index is 690. The first-order chi connectivity index (χ1) is 11.7. The molecule has 1 fully saturated rings. The molecule has 1 amide bonds. The minimum atomic E-state index is -0.174. The van der Waals surface area contributed by atoms with Gasteiger partial charge in [0.15, 0.2) is 17.1 Å². The van der Waals surface area contributed by atoms with E-state index in [4.69, 9.17) is 9.15 Å². The van der Waals surface area contributed by atoms with Gasteiger partial charge in [-0.05, 0) is 32.1 Å². The van der Waals surface area contributed by atoms with Crippen molar-refractivity contribution in [2.24, 2.45) is 0 Å². The molecule has 6 heteroatoms. The van der Waals surface area contributed by atoms with E-state index in [-0.39, 0.29) is 5.91 Å². The number of rotatable bonds is 6. The molecule has 1 aliphatic heterocycles. The summed E-state index contributed by atoms with van der Waals surface area (Å²) in [6.07, 6.45) is 0.943. The van der Waals surface area contributed by atoms with Crippen LogP contribution < -0.4 is 10.1 Å². The number of carbonyl (C=O) groups is 1. The highest BCUT2D eigenvalue weighted by molar-refractivity contribution is 5.97. The Labute approximate surface area is 142 Å². The number of piperazine rings is 1. The minimum Gasteiger partial charge on any atom is -0.493 e. The van der Waals surface area contributed by atoms with Crippen molar-refractivity contribution in [3.63, 3.8) is 0 Å². The Morgan fingerprint density at radius 2 is 2.08 bits per heavy atom. The van der Waals surface area contributed by atoms with E-state index in [0.717, 1.165) is 44.5 Å². The van der Waals surface area contributed by atoms with Crippen molar-refractivity contribution < 1.29 is 13.9 Å². The van der Waals surface area contributed by atoms with Gasteiger partial charge in [-0.15, -0.1) is 0 Å². The Kier molecular flexibility index (Phi) is 5.37. The molecule has 1 aromatic carbocycles. The second-order valence-corrected chi connectivity index (χ2v) is 6.24. The van der Waals surface area contributed by atoms with Crippen LogP contribution in [0.2, 0.25) is 0 Å². The number of fused-ring (bicyclic) bond motifs is 1. The van der Waals surface area contributed by atoms with Gasteiger partial charge in [0.05, 0.1) is 7.11 Å². The Hall–Kier alpha value is -2.05. The van der Waals surface area contributed by atoms with Crippen LogP contribution >= 0.6 is 0 Å². The topological polar surface area (TPSA) is 58.0 Å². The zero-order valence-corrected chi connectivity index (χ0v) is 14.4. The molecule has 6 nitrogen and oxygen atoms in total. The summed E-state index contributed by atoms with van der Waals surface area (Å²) in [5, 5.41) is 3.81. The molecule has 0 radical (unpaired) electrons. The highest BCUT2D eigenvalue weighted by Crippen LogP contribution is 2.28. The number of methoxy groups -OCH3 is 1. The maximum absolute atomic E-state index is 12.2. The van der Waals surface area contributed by atoms with Gasteiger partial charge in [0.2, 0.25) is 0 Å². The number of carbonyl (C=O) groups excluding carboxylic acids is 1. The maximum Gasteiger partial charge on any atom is 0.287 e. The fourth-order valence-electron chi connectivity index (χ4n) is 2.97. The number of hydrogen-bond acceptors (Lipinski definition) is 5. The van der Waals surface area contributed by atoms with Gasteiger partial charge < -0.3 is 24.3 Å². The zero-order chi connectivity index (χ0) is 16.9. The van der Waals surface area contributed by atoms with Crippen LogP contribution in [-0.4, -0.2) is 69.1 Å². The maximum atomic E-state index is 12.2. The van der Waals surface area contributed by atoms with Crippen LogP contribution in [0.25, 0.3) is 11.0 Å². The molecular formula is C18H25N3O3. The van der Waals surface area contributed by atoms with Gasteiger partial charge in [0.1, 0.15) is 0 Å². The Morgan fingerprint density at radius 3 is 2.83 bits per heavy atom. The second kappa shape index (κ2) is 7.68. The molecule has 1 saturated heterocycles. The largest absolute Gasteiger partial charge is 0.493 e. The monoisotopic (exact) mass is 331 g/mol. The number of furan rings is 1. The molecule has 3 rings (SSSR count). The predicted molar refractivity (Wildman–Crippen MR) is 93.7 cm³/mol. The van der Waals surface area contributed by atoms with Gasteiger partial charge in [-0.25, -0.2) is 0 Å². The van der Waals surface area contributed by atoms with Crippen LogP contribution in [0.4, 0.5) is 0 Å². The summed E-state index contributed by atoms with van der Waals surface area (Å²) < 4.78 is 10.9. The Balaban J connectivity index is 1.48. The van der Waals surface area contributed by atoms with Crippen LogP contribution in [0.3, 0.4) is 0 Å². The molecule has 0 saturated carbocycles. The third kappa shape index (κ3) is 3.88. The van der Waals surface area contributed by atoms with Gasteiger partial charge in [-0.1, -0.05) is 12.1 Å². The molecule has 1 aliphatic rings. The highest BCUT2D eigenvalue weighted by Gasteiger charge is 2.15. The van der Waals surface area contributed by atoms with E-state index in [1.54, 1.807) is 13.2 Å². The van der Waals surface area contributed by atoms with E-state index < -0.39 is 0 Å². The first kappa shape index (κ1) is 16.8. The molecule has 0 aliphatic carbocycles. The van der Waals surface area contributed by atoms with Gasteiger partial charge >= 0.3 is 0 Å². The lowest BCUT2D eigenvalue weighted by atomic mass is 10.2. The first-order valence-electron chi connectivity index (χ1n) is 8.43. The van der Waals surface area contributed by atoms with Crippen LogP contribution in [-0.2, 0) is 0 Å². The van der Waals surface area contributed by atoms with Crippen LogP contribution in [0.5, 0.6) is 5.75 Å². The summed E-state index contributed by atoms with van der Waals surface area (Å²) >= 11 is 0. The standard InChI is InChI=1S/C18H25N3O3/c1-20-9-11-21(12-10-20)8-4-7-19-18(22)16-13-14-5-3-6-15(23-2)17(14)24-16/h3,5-6,13H,4,7-12H2,1-2H3,(H,19,22).